The van der Waals surface area contributed by atoms with Gasteiger partial charge < -0.3 is 14.0 Å². The van der Waals surface area contributed by atoms with E-state index in [1.165, 1.54) is 19.2 Å². The first-order chi connectivity index (χ1) is 10.5. The summed E-state index contributed by atoms with van der Waals surface area (Å²) < 4.78 is 35.2. The maximum atomic E-state index is 12.4. The topological polar surface area (TPSA) is 72.8 Å². The number of benzene rings is 2. The van der Waals surface area contributed by atoms with Gasteiger partial charge in [0, 0.05) is 5.56 Å². The number of rotatable bonds is 6. The van der Waals surface area contributed by atoms with Gasteiger partial charge in [0.15, 0.2) is 11.5 Å². The largest absolute Gasteiger partial charge is 0.493 e. The molecule has 0 spiro atoms. The number of methoxy groups -OCH3 is 1. The molecule has 0 aliphatic carbocycles. The molecule has 22 heavy (non-hydrogen) atoms. The molecule has 1 N–H and O–H groups in total. The highest BCUT2D eigenvalue weighted by atomic mass is 32.2. The van der Waals surface area contributed by atoms with E-state index >= 15 is 0 Å². The summed E-state index contributed by atoms with van der Waals surface area (Å²) in [6.07, 6.45) is 0.641. The Bertz CT molecular complexity index is 739. The number of aryl methyl sites for hydroxylation is 1. The van der Waals surface area contributed by atoms with Crippen molar-refractivity contribution in [2.45, 2.75) is 24.8 Å². The minimum atomic E-state index is -3.99. The van der Waals surface area contributed by atoms with Crippen molar-refractivity contribution in [3.8, 4) is 11.5 Å². The number of ether oxygens (including phenoxy) is 1. The lowest BCUT2D eigenvalue weighted by Gasteiger charge is -2.16. The molecule has 0 saturated heterocycles. The van der Waals surface area contributed by atoms with E-state index in [9.17, 15) is 13.5 Å². The van der Waals surface area contributed by atoms with E-state index in [2.05, 4.69) is 0 Å². The maximum Gasteiger partial charge on any atom is 0.339 e. The minimum Gasteiger partial charge on any atom is -0.493 e. The van der Waals surface area contributed by atoms with Crippen LogP contribution < -0.4 is 8.92 Å². The predicted molar refractivity (Wildman–Crippen MR) is 82.6 cm³/mol. The smallest absolute Gasteiger partial charge is 0.339 e. The normalized spacial score (nSPS) is 11.2. The summed E-state index contributed by atoms with van der Waals surface area (Å²) in [6.45, 7) is 1.58. The average Bonchev–Trinajstić information content (AvgIpc) is 2.54. The van der Waals surface area contributed by atoms with E-state index in [0.717, 1.165) is 5.56 Å². The molecule has 0 aliphatic heterocycles. The summed E-state index contributed by atoms with van der Waals surface area (Å²) in [7, 11) is -2.57. The molecule has 0 bridgehead atoms. The highest BCUT2D eigenvalue weighted by Crippen LogP contribution is 2.36. The first kappa shape index (κ1) is 16.3. The van der Waals surface area contributed by atoms with Crippen LogP contribution in [-0.4, -0.2) is 20.6 Å². The van der Waals surface area contributed by atoms with Gasteiger partial charge in [0.2, 0.25) is 0 Å². The molecule has 0 amide bonds. The van der Waals surface area contributed by atoms with Crippen LogP contribution in [0.3, 0.4) is 0 Å². The maximum absolute atomic E-state index is 12.4. The molecule has 6 heteroatoms. The Labute approximate surface area is 130 Å². The van der Waals surface area contributed by atoms with Gasteiger partial charge in [-0.1, -0.05) is 31.2 Å². The molecule has 0 aliphatic rings. The Morgan fingerprint density at radius 3 is 2.32 bits per heavy atom. The monoisotopic (exact) mass is 322 g/mol. The van der Waals surface area contributed by atoms with Crippen LogP contribution in [0.2, 0.25) is 0 Å². The Kier molecular flexibility index (Phi) is 5.05. The van der Waals surface area contributed by atoms with Crippen molar-refractivity contribution >= 4 is 10.1 Å². The molecular formula is C16H18O5S. The van der Waals surface area contributed by atoms with Gasteiger partial charge in [-0.15, -0.1) is 0 Å². The first-order valence-corrected chi connectivity index (χ1v) is 8.23. The Hall–Kier alpha value is -2.05. The van der Waals surface area contributed by atoms with Crippen molar-refractivity contribution in [2.24, 2.45) is 0 Å². The van der Waals surface area contributed by atoms with Crippen molar-refractivity contribution in [1.82, 2.24) is 0 Å². The zero-order valence-corrected chi connectivity index (χ0v) is 13.3. The van der Waals surface area contributed by atoms with Gasteiger partial charge in [-0.3, -0.25) is 0 Å². The van der Waals surface area contributed by atoms with Crippen molar-refractivity contribution < 1.29 is 22.4 Å². The number of hydrogen-bond acceptors (Lipinski definition) is 5. The lowest BCUT2D eigenvalue weighted by atomic mass is 10.0. The fraction of sp³-hybridized carbons (Fsp3) is 0.250. The molecule has 0 aromatic heterocycles. The lowest BCUT2D eigenvalue weighted by molar-refractivity contribution is 0.275. The second-order valence-corrected chi connectivity index (χ2v) is 6.14. The number of aliphatic hydroxyl groups excluding tert-OH is 1. The van der Waals surface area contributed by atoms with Crippen molar-refractivity contribution in [2.75, 3.05) is 7.11 Å². The third-order valence-electron chi connectivity index (χ3n) is 3.31. The van der Waals surface area contributed by atoms with Crippen molar-refractivity contribution in [3.05, 3.63) is 53.6 Å². The molecule has 0 atom stereocenters. The summed E-state index contributed by atoms with van der Waals surface area (Å²) in [6, 6.07) is 11.3. The minimum absolute atomic E-state index is 0.0354. The lowest BCUT2D eigenvalue weighted by Crippen LogP contribution is -2.12. The molecule has 2 aromatic carbocycles. The van der Waals surface area contributed by atoms with Gasteiger partial charge in [-0.25, -0.2) is 0 Å². The zero-order valence-electron chi connectivity index (χ0n) is 12.4. The van der Waals surface area contributed by atoms with Gasteiger partial charge in [0.1, 0.15) is 4.90 Å². The predicted octanol–water partition coefficient (Wildman–Crippen LogP) is 2.52. The molecule has 2 aromatic rings. The number of aliphatic hydroxyl groups is 1. The third-order valence-corrected chi connectivity index (χ3v) is 4.54. The fourth-order valence-electron chi connectivity index (χ4n) is 2.15. The Morgan fingerprint density at radius 1 is 1.09 bits per heavy atom. The van der Waals surface area contributed by atoms with Crippen LogP contribution in [-0.2, 0) is 23.1 Å². The highest BCUT2D eigenvalue weighted by Gasteiger charge is 2.22. The molecule has 0 radical (unpaired) electrons. The van der Waals surface area contributed by atoms with Gasteiger partial charge in [0.25, 0.3) is 0 Å². The Balaban J connectivity index is 2.53. The zero-order chi connectivity index (χ0) is 16.2. The van der Waals surface area contributed by atoms with E-state index in [4.69, 9.17) is 8.92 Å². The summed E-state index contributed by atoms with van der Waals surface area (Å²) in [4.78, 5) is 0.0443. The number of hydrogen-bond donors (Lipinski definition) is 1. The quantitative estimate of drug-likeness (QED) is 0.827. The SMILES string of the molecule is CCc1ccc(OC)c(OS(=O)(=O)c2ccccc2)c1CO. The van der Waals surface area contributed by atoms with Crippen LogP contribution in [0.25, 0.3) is 0 Å². The second-order valence-electron chi connectivity index (χ2n) is 4.60. The van der Waals surface area contributed by atoms with Gasteiger partial charge in [-0.05, 0) is 30.2 Å². The van der Waals surface area contributed by atoms with Crippen LogP contribution in [0.5, 0.6) is 11.5 Å². The van der Waals surface area contributed by atoms with Gasteiger partial charge >= 0.3 is 10.1 Å². The molecule has 0 heterocycles. The summed E-state index contributed by atoms with van der Waals surface area (Å²) in [5, 5.41) is 9.59. The van der Waals surface area contributed by atoms with Crippen LogP contribution in [0.1, 0.15) is 18.1 Å². The van der Waals surface area contributed by atoms with Crippen LogP contribution in [0.4, 0.5) is 0 Å². The van der Waals surface area contributed by atoms with Gasteiger partial charge in [-0.2, -0.15) is 8.42 Å². The van der Waals surface area contributed by atoms with Crippen LogP contribution >= 0.6 is 0 Å². The fourth-order valence-corrected chi connectivity index (χ4v) is 3.14. The van der Waals surface area contributed by atoms with E-state index in [0.29, 0.717) is 12.0 Å². The standard InChI is InChI=1S/C16H18O5S/c1-3-12-9-10-15(20-2)16(14(12)11-17)21-22(18,19)13-7-5-4-6-8-13/h4-10,17H,3,11H2,1-2H3. The molecule has 0 fully saturated rings. The van der Waals surface area contributed by atoms with E-state index in [1.54, 1.807) is 30.3 Å². The molecule has 118 valence electrons. The highest BCUT2D eigenvalue weighted by molar-refractivity contribution is 7.87. The summed E-state index contributed by atoms with van der Waals surface area (Å²) >= 11 is 0. The van der Waals surface area contributed by atoms with Crippen molar-refractivity contribution in [3.63, 3.8) is 0 Å². The van der Waals surface area contributed by atoms with E-state index < -0.39 is 10.1 Å². The molecule has 0 saturated carbocycles. The Morgan fingerprint density at radius 2 is 1.77 bits per heavy atom. The summed E-state index contributed by atoms with van der Waals surface area (Å²) in [5.74, 6) is 0.300. The van der Waals surface area contributed by atoms with Gasteiger partial charge in [0.05, 0.1) is 13.7 Å². The summed E-state index contributed by atoms with van der Waals surface area (Å²) in [5.41, 5.74) is 1.22. The molecule has 0 unspecified atom stereocenters. The molecular weight excluding hydrogens is 304 g/mol. The average molecular weight is 322 g/mol. The second kappa shape index (κ2) is 6.81. The van der Waals surface area contributed by atoms with Crippen molar-refractivity contribution in [1.29, 1.82) is 0 Å². The molecule has 5 nitrogen and oxygen atoms in total. The van der Waals surface area contributed by atoms with E-state index in [-0.39, 0.29) is 23.0 Å². The van der Waals surface area contributed by atoms with Crippen LogP contribution in [0.15, 0.2) is 47.4 Å². The van der Waals surface area contributed by atoms with E-state index in [1.807, 2.05) is 6.92 Å². The first-order valence-electron chi connectivity index (χ1n) is 6.82. The molecule has 2 rings (SSSR count). The third kappa shape index (κ3) is 3.23. The van der Waals surface area contributed by atoms with Crippen LogP contribution in [0, 0.1) is 0 Å².